The van der Waals surface area contributed by atoms with Gasteiger partial charge in [-0.3, -0.25) is 0 Å². The smallest absolute Gasteiger partial charge is 0.479 e. The first-order chi connectivity index (χ1) is 16.2. The lowest BCUT2D eigenvalue weighted by atomic mass is 9.94. The topological polar surface area (TPSA) is 66.5 Å². The van der Waals surface area contributed by atoms with Gasteiger partial charge in [0, 0.05) is 23.6 Å². The molecule has 0 amide bonds. The minimum atomic E-state index is -4.70. The monoisotopic (exact) mass is 494 g/mol. The number of benzene rings is 2. The van der Waals surface area contributed by atoms with E-state index in [0.29, 0.717) is 54.3 Å². The van der Waals surface area contributed by atoms with E-state index >= 15 is 0 Å². The van der Waals surface area contributed by atoms with Gasteiger partial charge < -0.3 is 19.2 Å². The quantitative estimate of drug-likeness (QED) is 0.166. The van der Waals surface area contributed by atoms with Gasteiger partial charge in [0.1, 0.15) is 11.3 Å². The number of hydrogen-bond donors (Lipinski definition) is 0. The molecule has 0 unspecified atom stereocenters. The highest BCUT2D eigenvalue weighted by molar-refractivity contribution is 6.35. The number of carbonyl (C=O) groups is 1. The lowest BCUT2D eigenvalue weighted by Gasteiger charge is -2.25. The number of alkyl halides is 3. The molecule has 0 N–H and O–H groups in total. The van der Waals surface area contributed by atoms with E-state index in [1.807, 2.05) is 11.5 Å². The van der Waals surface area contributed by atoms with E-state index < -0.39 is 17.9 Å². The van der Waals surface area contributed by atoms with E-state index in [2.05, 4.69) is 0 Å². The van der Waals surface area contributed by atoms with Crippen LogP contribution < -0.4 is 4.74 Å². The van der Waals surface area contributed by atoms with Crippen LogP contribution in [0.4, 0.5) is 18.9 Å². The Morgan fingerprint density at radius 3 is 2.68 bits per heavy atom. The number of halogens is 4. The lowest BCUT2D eigenvalue weighted by molar-refractivity contribution is -0.388. The van der Waals surface area contributed by atoms with E-state index in [-0.39, 0.29) is 16.0 Å². The summed E-state index contributed by atoms with van der Waals surface area (Å²) in [7, 11) is 1.31. The summed E-state index contributed by atoms with van der Waals surface area (Å²) in [5.74, 6) is -0.0297. The highest BCUT2D eigenvalue weighted by Gasteiger charge is 2.53. The molecular formula is C24H22ClF3N2O4. The molecule has 0 atom stereocenters. The third-order valence-corrected chi connectivity index (χ3v) is 6.03. The maximum atomic E-state index is 13.1. The Hall–Kier alpha value is -3.20. The molecule has 6 nitrogen and oxygen atoms in total. The second-order valence-electron chi connectivity index (χ2n) is 7.93. The molecule has 0 saturated carbocycles. The van der Waals surface area contributed by atoms with Crippen molar-refractivity contribution in [1.29, 1.82) is 0 Å². The summed E-state index contributed by atoms with van der Waals surface area (Å²) in [4.78, 5) is 11.8. The summed E-state index contributed by atoms with van der Waals surface area (Å²) in [6.07, 6.45) is -1.25. The Morgan fingerprint density at radius 2 is 2.00 bits per heavy atom. The van der Waals surface area contributed by atoms with E-state index in [4.69, 9.17) is 21.1 Å². The van der Waals surface area contributed by atoms with Crippen LogP contribution in [0.25, 0.3) is 10.9 Å². The van der Waals surface area contributed by atoms with Crippen molar-refractivity contribution in [2.45, 2.75) is 38.9 Å². The zero-order valence-corrected chi connectivity index (χ0v) is 19.3. The molecule has 180 valence electrons. The fraction of sp³-hybridized carbons (Fsp3) is 0.333. The van der Waals surface area contributed by atoms with Crippen LogP contribution in [0.3, 0.4) is 0 Å². The second-order valence-corrected chi connectivity index (χ2v) is 8.33. The van der Waals surface area contributed by atoms with Crippen LogP contribution in [-0.4, -0.2) is 40.9 Å². The zero-order valence-electron chi connectivity index (χ0n) is 18.5. The third kappa shape index (κ3) is 4.20. The number of nitrogens with zero attached hydrogens (tertiary/aromatic N) is 2. The predicted molar refractivity (Wildman–Crippen MR) is 122 cm³/mol. The standard InChI is InChI=1S/C24H22ClF3N2O4/c1-3-5-15-20(9-7-16-21(15)30(32)22(16)24(26,27)28)34-11-4-10-29-13-18(25)17-12-14(23(31)33-2)6-8-19(17)29/h6-9,12-13H,3-5,10-11H2,1-2H3. The van der Waals surface area contributed by atoms with E-state index in [9.17, 15) is 23.2 Å². The molecule has 0 fully saturated rings. The Bertz CT molecular complexity index is 1300. The van der Waals surface area contributed by atoms with Crippen molar-refractivity contribution in [1.82, 2.24) is 4.57 Å². The van der Waals surface area contributed by atoms with Crippen molar-refractivity contribution in [3.05, 3.63) is 63.4 Å². The van der Waals surface area contributed by atoms with Gasteiger partial charge in [-0.1, -0.05) is 24.9 Å². The Balaban J connectivity index is 1.46. The molecule has 0 bridgehead atoms. The Labute approximate surface area is 198 Å². The highest BCUT2D eigenvalue weighted by Crippen LogP contribution is 2.43. The molecule has 1 aliphatic rings. The predicted octanol–water partition coefficient (Wildman–Crippen LogP) is 6.01. The molecule has 10 heteroatoms. The molecule has 0 aliphatic carbocycles. The minimum absolute atomic E-state index is 0.0380. The molecule has 1 aliphatic heterocycles. The third-order valence-electron chi connectivity index (χ3n) is 5.72. The number of hydrogen-bond acceptors (Lipinski definition) is 4. The fourth-order valence-corrected chi connectivity index (χ4v) is 4.47. The largest absolute Gasteiger partial charge is 0.618 e. The summed E-state index contributed by atoms with van der Waals surface area (Å²) < 4.78 is 51.8. The van der Waals surface area contributed by atoms with Gasteiger partial charge >= 0.3 is 17.9 Å². The van der Waals surface area contributed by atoms with Crippen LogP contribution in [0, 0.1) is 5.21 Å². The Morgan fingerprint density at radius 1 is 1.24 bits per heavy atom. The molecule has 4 rings (SSSR count). The van der Waals surface area contributed by atoms with Gasteiger partial charge in [-0.15, -0.1) is 0 Å². The molecular weight excluding hydrogens is 473 g/mol. The first-order valence-electron chi connectivity index (χ1n) is 10.7. The number of ether oxygens (including phenoxy) is 2. The number of carbonyl (C=O) groups excluding carboxylic acids is 1. The van der Waals surface area contributed by atoms with Gasteiger partial charge in [-0.2, -0.15) is 17.9 Å². The van der Waals surface area contributed by atoms with Crippen molar-refractivity contribution in [3.8, 4) is 5.75 Å². The SMILES string of the molecule is CCCc1c(OCCCn2cc(Cl)c3cc(C(=O)OC)ccc32)ccc2c1[N+]([O-])=C2C(F)(F)F. The number of esters is 1. The molecule has 0 saturated heterocycles. The number of rotatable bonds is 8. The summed E-state index contributed by atoms with van der Waals surface area (Å²) >= 11 is 6.34. The van der Waals surface area contributed by atoms with Crippen LogP contribution in [0.2, 0.25) is 5.02 Å². The summed E-state index contributed by atoms with van der Waals surface area (Å²) in [5.41, 5.74) is 0.531. The molecule has 1 aromatic heterocycles. The number of aryl methyl sites for hydroxylation is 1. The normalized spacial score (nSPS) is 13.1. The van der Waals surface area contributed by atoms with Gasteiger partial charge in [0.15, 0.2) is 0 Å². The van der Waals surface area contributed by atoms with E-state index in [1.165, 1.54) is 19.2 Å². The Kier molecular flexibility index (Phi) is 6.49. The van der Waals surface area contributed by atoms with Gasteiger partial charge in [-0.05, 0) is 43.2 Å². The maximum Gasteiger partial charge on any atom is 0.479 e. The molecule has 2 heterocycles. The van der Waals surface area contributed by atoms with Crippen molar-refractivity contribution in [2.75, 3.05) is 13.7 Å². The summed E-state index contributed by atoms with van der Waals surface area (Å²) in [5, 5.41) is 13.4. The lowest BCUT2D eigenvalue weighted by Crippen LogP contribution is -2.38. The highest BCUT2D eigenvalue weighted by atomic mass is 35.5. The van der Waals surface area contributed by atoms with E-state index in [1.54, 1.807) is 24.4 Å². The van der Waals surface area contributed by atoms with Crippen LogP contribution >= 0.6 is 11.6 Å². The van der Waals surface area contributed by atoms with Crippen molar-refractivity contribution < 1.29 is 32.2 Å². The fourth-order valence-electron chi connectivity index (χ4n) is 4.20. The second kappa shape index (κ2) is 9.21. The maximum absolute atomic E-state index is 13.1. The van der Waals surface area contributed by atoms with Crippen molar-refractivity contribution in [3.63, 3.8) is 0 Å². The van der Waals surface area contributed by atoms with Gasteiger partial charge in [0.05, 0.1) is 29.9 Å². The molecule has 0 radical (unpaired) electrons. The van der Waals surface area contributed by atoms with Crippen LogP contribution in [0.5, 0.6) is 5.75 Å². The van der Waals surface area contributed by atoms with Gasteiger partial charge in [0.25, 0.3) is 0 Å². The van der Waals surface area contributed by atoms with E-state index in [0.717, 1.165) is 10.9 Å². The first-order valence-corrected chi connectivity index (χ1v) is 11.1. The van der Waals surface area contributed by atoms with Crippen LogP contribution in [0.15, 0.2) is 36.5 Å². The molecule has 34 heavy (non-hydrogen) atoms. The van der Waals surface area contributed by atoms with Crippen molar-refractivity contribution >= 4 is 39.9 Å². The average Bonchev–Trinajstić information content (AvgIpc) is 3.10. The number of aromatic nitrogens is 1. The van der Waals surface area contributed by atoms with Gasteiger partial charge in [0.2, 0.25) is 5.69 Å². The first kappa shape index (κ1) is 23.9. The number of fused-ring (bicyclic) bond motifs is 2. The van der Waals surface area contributed by atoms with Crippen molar-refractivity contribution in [2.24, 2.45) is 0 Å². The van der Waals surface area contributed by atoms with Gasteiger partial charge in [-0.25, -0.2) is 4.79 Å². The molecule has 2 aromatic carbocycles. The molecule has 3 aromatic rings. The minimum Gasteiger partial charge on any atom is -0.618 e. The summed E-state index contributed by atoms with van der Waals surface area (Å²) in [6, 6.07) is 7.92. The van der Waals surface area contributed by atoms with Crippen LogP contribution in [0.1, 0.15) is 41.3 Å². The zero-order chi connectivity index (χ0) is 24.6. The van der Waals surface area contributed by atoms with Crippen LogP contribution in [-0.2, 0) is 17.7 Å². The summed E-state index contributed by atoms with van der Waals surface area (Å²) in [6.45, 7) is 2.74. The molecule has 0 spiro atoms. The number of methoxy groups -OCH3 is 1. The average molecular weight is 495 g/mol.